The number of nitrogens with zero attached hydrogens (tertiary/aromatic N) is 2. The summed E-state index contributed by atoms with van der Waals surface area (Å²) in [6.45, 7) is 5.23. The number of fused-ring (bicyclic) bond motifs is 1. The maximum Gasteiger partial charge on any atom is 0.176 e. The number of halogens is 1. The van der Waals surface area contributed by atoms with Crippen molar-refractivity contribution in [3.8, 4) is 0 Å². The highest BCUT2D eigenvalue weighted by molar-refractivity contribution is 6.04. The van der Waals surface area contributed by atoms with E-state index in [2.05, 4.69) is 15.2 Å². The molecule has 2 unspecified atom stereocenters. The van der Waals surface area contributed by atoms with Gasteiger partial charge in [-0.2, -0.15) is 5.10 Å². The van der Waals surface area contributed by atoms with Gasteiger partial charge in [-0.3, -0.25) is 14.9 Å². The van der Waals surface area contributed by atoms with E-state index in [4.69, 9.17) is 0 Å². The average molecular weight is 273 g/mol. The number of pyridine rings is 1. The van der Waals surface area contributed by atoms with Crippen molar-refractivity contribution in [2.45, 2.75) is 32.9 Å². The number of aromatic amines is 1. The molecule has 1 N–H and O–H groups in total. The Kier molecular flexibility index (Phi) is 2.74. The Bertz CT molecular complexity index is 663. The first-order valence-electron chi connectivity index (χ1n) is 6.58. The topological polar surface area (TPSA) is 58.6 Å². The first-order chi connectivity index (χ1) is 9.44. The van der Waals surface area contributed by atoms with Crippen LogP contribution in [0, 0.1) is 12.3 Å². The minimum atomic E-state index is -1.27. The third kappa shape index (κ3) is 1.62. The molecule has 104 valence electrons. The zero-order chi connectivity index (χ0) is 14.5. The summed E-state index contributed by atoms with van der Waals surface area (Å²) in [6, 6.07) is 5.37. The zero-order valence-corrected chi connectivity index (χ0v) is 11.6. The van der Waals surface area contributed by atoms with Gasteiger partial charge < -0.3 is 0 Å². The predicted molar refractivity (Wildman–Crippen MR) is 72.3 cm³/mol. The maximum atomic E-state index is 14.8. The van der Waals surface area contributed by atoms with Crippen molar-refractivity contribution in [3.63, 3.8) is 0 Å². The molecule has 0 bridgehead atoms. The number of H-pyrrole nitrogens is 1. The molecule has 0 aromatic carbocycles. The third-order valence-corrected chi connectivity index (χ3v) is 4.12. The average Bonchev–Trinajstić information content (AvgIpc) is 2.80. The monoisotopic (exact) mass is 273 g/mol. The molecule has 2 heterocycles. The molecule has 20 heavy (non-hydrogen) atoms. The van der Waals surface area contributed by atoms with Crippen molar-refractivity contribution < 1.29 is 9.18 Å². The fourth-order valence-electron chi connectivity index (χ4n) is 3.01. The summed E-state index contributed by atoms with van der Waals surface area (Å²) in [7, 11) is 0. The number of nitrogens with one attached hydrogen (secondary N) is 1. The highest BCUT2D eigenvalue weighted by Crippen LogP contribution is 2.52. The molecular formula is C15H16FN3O. The molecule has 0 saturated carbocycles. The smallest absolute Gasteiger partial charge is 0.176 e. The van der Waals surface area contributed by atoms with Crippen LogP contribution >= 0.6 is 0 Å². The molecule has 2 aromatic rings. The summed E-state index contributed by atoms with van der Waals surface area (Å²) < 4.78 is 14.8. The van der Waals surface area contributed by atoms with Crippen LogP contribution < -0.4 is 0 Å². The summed E-state index contributed by atoms with van der Waals surface area (Å²) >= 11 is 0. The van der Waals surface area contributed by atoms with Gasteiger partial charge in [-0.15, -0.1) is 0 Å². The lowest BCUT2D eigenvalue weighted by Crippen LogP contribution is -2.38. The minimum absolute atomic E-state index is 0.108. The molecule has 0 fully saturated rings. The van der Waals surface area contributed by atoms with Crippen molar-refractivity contribution in [1.82, 2.24) is 15.2 Å². The second-order valence-corrected chi connectivity index (χ2v) is 5.83. The Labute approximate surface area is 116 Å². The molecule has 4 nitrogen and oxygen atoms in total. The van der Waals surface area contributed by atoms with Gasteiger partial charge in [0.1, 0.15) is 6.17 Å². The van der Waals surface area contributed by atoms with Crippen molar-refractivity contribution in [2.24, 2.45) is 5.41 Å². The lowest BCUT2D eigenvalue weighted by Gasteiger charge is -2.39. The molecule has 1 aliphatic carbocycles. The first kappa shape index (κ1) is 13.0. The molecule has 1 aliphatic rings. The van der Waals surface area contributed by atoms with E-state index >= 15 is 0 Å². The molecule has 0 amide bonds. The van der Waals surface area contributed by atoms with Gasteiger partial charge in [0.15, 0.2) is 5.78 Å². The largest absolute Gasteiger partial charge is 0.293 e. The van der Waals surface area contributed by atoms with Gasteiger partial charge in [0.25, 0.3) is 0 Å². The van der Waals surface area contributed by atoms with Crippen LogP contribution in [0.5, 0.6) is 0 Å². The van der Waals surface area contributed by atoms with E-state index < -0.39 is 17.5 Å². The summed E-state index contributed by atoms with van der Waals surface area (Å²) in [5.41, 5.74) is 0.967. The highest BCUT2D eigenvalue weighted by atomic mass is 19.1. The minimum Gasteiger partial charge on any atom is -0.293 e. The summed E-state index contributed by atoms with van der Waals surface area (Å²) in [5, 5.41) is 6.65. The lowest BCUT2D eigenvalue weighted by molar-refractivity contribution is 0.0620. The molecule has 3 rings (SSSR count). The Morgan fingerprint density at radius 3 is 2.75 bits per heavy atom. The molecule has 5 heteroatoms. The van der Waals surface area contributed by atoms with Crippen molar-refractivity contribution >= 4 is 5.78 Å². The van der Waals surface area contributed by atoms with Crippen LogP contribution in [0.15, 0.2) is 24.4 Å². The Morgan fingerprint density at radius 1 is 1.35 bits per heavy atom. The van der Waals surface area contributed by atoms with E-state index in [1.165, 1.54) is 0 Å². The molecular weight excluding hydrogens is 257 g/mol. The van der Waals surface area contributed by atoms with E-state index in [0.29, 0.717) is 22.6 Å². The van der Waals surface area contributed by atoms with Gasteiger partial charge in [-0.05, 0) is 19.1 Å². The van der Waals surface area contributed by atoms with Crippen LogP contribution in [0.2, 0.25) is 0 Å². The number of Topliss-reactive ketones (excluding diaryl/α,β-unsaturated/α-hetero) is 1. The Balaban J connectivity index is 2.21. The van der Waals surface area contributed by atoms with Gasteiger partial charge in [0, 0.05) is 11.6 Å². The number of rotatable bonds is 1. The Morgan fingerprint density at radius 2 is 2.10 bits per heavy atom. The quantitative estimate of drug-likeness (QED) is 0.868. The van der Waals surface area contributed by atoms with Crippen LogP contribution in [0.4, 0.5) is 4.39 Å². The van der Waals surface area contributed by atoms with Crippen LogP contribution in [0.3, 0.4) is 0 Å². The van der Waals surface area contributed by atoms with Crippen LogP contribution in [-0.2, 0) is 0 Å². The lowest BCUT2D eigenvalue weighted by atomic mass is 9.65. The molecule has 0 spiro atoms. The van der Waals surface area contributed by atoms with Gasteiger partial charge in [0.2, 0.25) is 0 Å². The third-order valence-electron chi connectivity index (χ3n) is 4.12. The summed E-state index contributed by atoms with van der Waals surface area (Å²) in [5.74, 6) is -0.702. The van der Waals surface area contributed by atoms with Crippen molar-refractivity contribution in [3.05, 3.63) is 47.0 Å². The van der Waals surface area contributed by atoms with E-state index in [0.717, 1.165) is 0 Å². The number of ketones is 1. The van der Waals surface area contributed by atoms with E-state index in [9.17, 15) is 9.18 Å². The summed E-state index contributed by atoms with van der Waals surface area (Å²) in [6.07, 6.45) is 0.354. The van der Waals surface area contributed by atoms with Crippen molar-refractivity contribution in [1.29, 1.82) is 0 Å². The predicted octanol–water partition coefficient (Wildman–Crippen LogP) is 3.13. The van der Waals surface area contributed by atoms with E-state index in [-0.39, 0.29) is 5.78 Å². The van der Waals surface area contributed by atoms with Gasteiger partial charge in [-0.1, -0.05) is 19.9 Å². The number of hydrogen-bond acceptors (Lipinski definition) is 3. The Hall–Kier alpha value is -2.04. The van der Waals surface area contributed by atoms with Gasteiger partial charge in [0.05, 0.1) is 28.6 Å². The second kappa shape index (κ2) is 4.23. The number of carbonyl (C=O) groups is 1. The van der Waals surface area contributed by atoms with Gasteiger partial charge in [-0.25, -0.2) is 4.39 Å². The number of aromatic nitrogens is 3. The molecule has 0 aliphatic heterocycles. The fourth-order valence-corrected chi connectivity index (χ4v) is 3.01. The van der Waals surface area contributed by atoms with Gasteiger partial charge >= 0.3 is 0 Å². The van der Waals surface area contributed by atoms with E-state index in [1.54, 1.807) is 39.1 Å². The molecule has 2 atom stereocenters. The molecule has 0 saturated heterocycles. The maximum absolute atomic E-state index is 14.8. The second-order valence-electron chi connectivity index (χ2n) is 5.83. The fraction of sp³-hybridized carbons (Fsp3) is 0.400. The van der Waals surface area contributed by atoms with Crippen LogP contribution in [-0.4, -0.2) is 21.0 Å². The van der Waals surface area contributed by atoms with Crippen LogP contribution in [0.1, 0.15) is 53.4 Å². The normalized spacial score (nSPS) is 24.5. The first-order valence-corrected chi connectivity index (χ1v) is 6.58. The number of hydrogen-bond donors (Lipinski definition) is 1. The zero-order valence-electron chi connectivity index (χ0n) is 11.6. The highest BCUT2D eigenvalue weighted by Gasteiger charge is 2.51. The standard InChI is InChI=1S/C15H16FN3O/c1-8-10-12(19-18-8)14(16)15(2,3)11(13(10)20)9-6-4-5-7-17-9/h4-7,11,14H,1-3H3,(H,18,19). The van der Waals surface area contributed by atoms with Crippen molar-refractivity contribution in [2.75, 3.05) is 0 Å². The van der Waals surface area contributed by atoms with E-state index in [1.807, 2.05) is 6.07 Å². The number of aryl methyl sites for hydroxylation is 1. The van der Waals surface area contributed by atoms with Crippen LogP contribution in [0.25, 0.3) is 0 Å². The number of alkyl halides is 1. The molecule has 2 aromatic heterocycles. The SMILES string of the molecule is Cc1n[nH]c2c1C(=O)C(c1ccccn1)C(C)(C)C2F. The molecule has 0 radical (unpaired) electrons. The summed E-state index contributed by atoms with van der Waals surface area (Å²) in [4.78, 5) is 17.0. The number of carbonyl (C=O) groups excluding carboxylic acids is 1.